The number of halogens is 2. The number of esters is 1. The fraction of sp³-hybridized carbons (Fsp3) is 0.250. The number of nitrogens with zero attached hydrogens (tertiary/aromatic N) is 1. The molecule has 2 aromatic rings. The molecule has 0 aliphatic carbocycles. The number of carbonyl (C=O) groups is 2. The highest BCUT2D eigenvalue weighted by Gasteiger charge is 2.35. The van der Waals surface area contributed by atoms with E-state index in [1.54, 1.807) is 6.07 Å². The fourth-order valence-electron chi connectivity index (χ4n) is 2.83. The van der Waals surface area contributed by atoms with Crippen molar-refractivity contribution in [3.8, 4) is 0 Å². The summed E-state index contributed by atoms with van der Waals surface area (Å²) in [5.74, 6) is -1.26. The number of rotatable bonds is 3. The molecule has 2 heterocycles. The largest absolute Gasteiger partial charge is 0.469 e. The van der Waals surface area contributed by atoms with E-state index in [0.29, 0.717) is 28.7 Å². The van der Waals surface area contributed by atoms with Crippen LogP contribution >= 0.6 is 15.9 Å². The third kappa shape index (κ3) is 2.37. The van der Waals surface area contributed by atoms with Gasteiger partial charge in [0.05, 0.1) is 18.7 Å². The number of ketones is 1. The lowest BCUT2D eigenvalue weighted by atomic mass is 10.1. The monoisotopic (exact) mass is 365 g/mol. The van der Waals surface area contributed by atoms with E-state index in [9.17, 15) is 14.0 Å². The van der Waals surface area contributed by atoms with Crippen molar-refractivity contribution in [2.24, 2.45) is 0 Å². The number of ether oxygens (including phenoxy) is 1. The molecule has 114 valence electrons. The van der Waals surface area contributed by atoms with Crippen LogP contribution in [0.4, 0.5) is 4.39 Å². The highest BCUT2D eigenvalue weighted by atomic mass is 79.9. The Labute approximate surface area is 135 Å². The van der Waals surface area contributed by atoms with Gasteiger partial charge in [-0.05, 0) is 52.7 Å². The second-order valence-electron chi connectivity index (χ2n) is 5.11. The summed E-state index contributed by atoms with van der Waals surface area (Å²) in [5, 5.41) is 0. The van der Waals surface area contributed by atoms with Gasteiger partial charge >= 0.3 is 5.97 Å². The van der Waals surface area contributed by atoms with Gasteiger partial charge in [-0.3, -0.25) is 9.59 Å². The molecule has 3 rings (SSSR count). The summed E-state index contributed by atoms with van der Waals surface area (Å²) in [6.07, 6.45) is 0.602. The maximum Gasteiger partial charge on any atom is 0.314 e. The summed E-state index contributed by atoms with van der Waals surface area (Å²) in [5.41, 5.74) is 1.66. The molecule has 0 amide bonds. The zero-order valence-electron chi connectivity index (χ0n) is 11.8. The Bertz CT molecular complexity index is 751. The number of hydrogen-bond acceptors (Lipinski definition) is 3. The minimum Gasteiger partial charge on any atom is -0.469 e. The quantitative estimate of drug-likeness (QED) is 0.619. The summed E-state index contributed by atoms with van der Waals surface area (Å²) in [4.78, 5) is 24.4. The van der Waals surface area contributed by atoms with E-state index in [2.05, 4.69) is 15.9 Å². The van der Waals surface area contributed by atoms with Crippen LogP contribution in [0.3, 0.4) is 0 Å². The first-order chi connectivity index (χ1) is 10.5. The average Bonchev–Trinajstić information content (AvgIpc) is 3.08. The molecule has 6 heteroatoms. The standard InChI is InChI=1S/C16H13BrFNO3/c1-22-16(21)11-6-7-19-13(8-12(17)14(11)19)15(20)9-2-4-10(18)5-3-9/h2-5,8,11H,6-7H2,1H3. The lowest BCUT2D eigenvalue weighted by Gasteiger charge is -2.07. The third-order valence-corrected chi connectivity index (χ3v) is 4.52. The van der Waals surface area contributed by atoms with Gasteiger partial charge in [0.1, 0.15) is 5.82 Å². The van der Waals surface area contributed by atoms with E-state index in [4.69, 9.17) is 4.74 Å². The van der Waals surface area contributed by atoms with Crippen LogP contribution in [0.5, 0.6) is 0 Å². The van der Waals surface area contributed by atoms with E-state index >= 15 is 0 Å². The first-order valence-electron chi connectivity index (χ1n) is 6.80. The molecule has 0 fully saturated rings. The molecule has 0 saturated carbocycles. The van der Waals surface area contributed by atoms with Crippen LogP contribution in [0.25, 0.3) is 0 Å². The maximum atomic E-state index is 13.0. The van der Waals surface area contributed by atoms with E-state index in [1.807, 2.05) is 4.57 Å². The van der Waals surface area contributed by atoms with Gasteiger partial charge in [0.25, 0.3) is 0 Å². The zero-order chi connectivity index (χ0) is 15.9. The summed E-state index contributed by atoms with van der Waals surface area (Å²) in [6.45, 7) is 0.572. The van der Waals surface area contributed by atoms with Gasteiger partial charge in [0.2, 0.25) is 5.78 Å². The molecule has 0 saturated heterocycles. The van der Waals surface area contributed by atoms with Crippen molar-refractivity contribution in [3.05, 3.63) is 57.6 Å². The van der Waals surface area contributed by atoms with Crippen LogP contribution in [-0.2, 0) is 16.1 Å². The minimum atomic E-state index is -0.385. The van der Waals surface area contributed by atoms with Crippen LogP contribution in [-0.4, -0.2) is 23.4 Å². The number of aromatic nitrogens is 1. The number of fused-ring (bicyclic) bond motifs is 1. The Kier molecular flexibility index (Phi) is 3.87. The Balaban J connectivity index is 2.00. The van der Waals surface area contributed by atoms with E-state index in [-0.39, 0.29) is 23.5 Å². The fourth-order valence-corrected chi connectivity index (χ4v) is 3.54. The molecular weight excluding hydrogens is 353 g/mol. The molecule has 4 nitrogen and oxygen atoms in total. The number of benzene rings is 1. The summed E-state index contributed by atoms with van der Waals surface area (Å²) < 4.78 is 20.3. The Morgan fingerprint density at radius 2 is 2.00 bits per heavy atom. The van der Waals surface area contributed by atoms with Gasteiger partial charge in [-0.2, -0.15) is 0 Å². The summed E-state index contributed by atoms with van der Waals surface area (Å²) in [7, 11) is 1.35. The van der Waals surface area contributed by atoms with Crippen LogP contribution in [0, 0.1) is 5.82 Å². The van der Waals surface area contributed by atoms with Gasteiger partial charge in [-0.25, -0.2) is 4.39 Å². The number of hydrogen-bond donors (Lipinski definition) is 0. The average molecular weight is 366 g/mol. The lowest BCUT2D eigenvalue weighted by Crippen LogP contribution is -2.12. The predicted octanol–water partition coefficient (Wildman–Crippen LogP) is 3.28. The Morgan fingerprint density at radius 1 is 1.32 bits per heavy atom. The number of methoxy groups -OCH3 is 1. The molecule has 0 N–H and O–H groups in total. The van der Waals surface area contributed by atoms with Crippen molar-refractivity contribution >= 4 is 27.7 Å². The SMILES string of the molecule is COC(=O)C1CCn2c(C(=O)c3ccc(F)cc3)cc(Br)c21. The zero-order valence-corrected chi connectivity index (χ0v) is 13.4. The summed E-state index contributed by atoms with van der Waals surface area (Å²) in [6, 6.07) is 7.13. The van der Waals surface area contributed by atoms with Gasteiger partial charge in [0.15, 0.2) is 0 Å². The Morgan fingerprint density at radius 3 is 2.64 bits per heavy atom. The molecule has 1 aromatic carbocycles. The normalized spacial score (nSPS) is 16.4. The molecule has 0 bridgehead atoms. The van der Waals surface area contributed by atoms with Gasteiger partial charge in [0, 0.05) is 22.3 Å². The molecular formula is C16H13BrFNO3. The molecule has 0 spiro atoms. The molecule has 1 atom stereocenters. The molecule has 22 heavy (non-hydrogen) atoms. The van der Waals surface area contributed by atoms with Crippen molar-refractivity contribution in [2.45, 2.75) is 18.9 Å². The van der Waals surface area contributed by atoms with E-state index < -0.39 is 0 Å². The van der Waals surface area contributed by atoms with E-state index in [1.165, 1.54) is 31.4 Å². The van der Waals surface area contributed by atoms with Crippen molar-refractivity contribution < 1.29 is 18.7 Å². The van der Waals surface area contributed by atoms with Crippen molar-refractivity contribution in [3.63, 3.8) is 0 Å². The topological polar surface area (TPSA) is 48.3 Å². The smallest absolute Gasteiger partial charge is 0.314 e. The highest BCUT2D eigenvalue weighted by molar-refractivity contribution is 9.10. The van der Waals surface area contributed by atoms with Crippen LogP contribution < -0.4 is 0 Å². The van der Waals surface area contributed by atoms with E-state index in [0.717, 1.165) is 5.69 Å². The van der Waals surface area contributed by atoms with Gasteiger partial charge in [-0.1, -0.05) is 0 Å². The molecule has 1 aromatic heterocycles. The summed E-state index contributed by atoms with van der Waals surface area (Å²) >= 11 is 3.42. The minimum absolute atomic E-state index is 0.197. The molecule has 1 aliphatic rings. The van der Waals surface area contributed by atoms with Crippen molar-refractivity contribution in [2.75, 3.05) is 7.11 Å². The molecule has 1 unspecified atom stereocenters. The molecule has 0 radical (unpaired) electrons. The highest BCUT2D eigenvalue weighted by Crippen LogP contribution is 2.38. The van der Waals surface area contributed by atoms with Gasteiger partial charge in [-0.15, -0.1) is 0 Å². The first kappa shape index (κ1) is 15.0. The van der Waals surface area contributed by atoms with Crippen LogP contribution in [0.15, 0.2) is 34.8 Å². The maximum absolute atomic E-state index is 13.0. The van der Waals surface area contributed by atoms with Crippen LogP contribution in [0.1, 0.15) is 34.1 Å². The lowest BCUT2D eigenvalue weighted by molar-refractivity contribution is -0.142. The first-order valence-corrected chi connectivity index (χ1v) is 7.59. The third-order valence-electron chi connectivity index (χ3n) is 3.89. The predicted molar refractivity (Wildman–Crippen MR) is 81.3 cm³/mol. The molecule has 1 aliphatic heterocycles. The second-order valence-corrected chi connectivity index (χ2v) is 5.97. The van der Waals surface area contributed by atoms with Gasteiger partial charge < -0.3 is 9.30 Å². The second kappa shape index (κ2) is 5.68. The van der Waals surface area contributed by atoms with Crippen molar-refractivity contribution in [1.29, 1.82) is 0 Å². The number of carbonyl (C=O) groups excluding carboxylic acids is 2. The Hall–Kier alpha value is -1.95. The van der Waals surface area contributed by atoms with Crippen molar-refractivity contribution in [1.82, 2.24) is 4.57 Å². The van der Waals surface area contributed by atoms with Crippen LogP contribution in [0.2, 0.25) is 0 Å².